The molecular formula is C12H7F3N2O2. The van der Waals surface area contributed by atoms with Gasteiger partial charge in [-0.05, 0) is 18.2 Å². The van der Waals surface area contributed by atoms with Crippen molar-refractivity contribution >= 4 is 17.4 Å². The maximum atomic E-state index is 12.8. The van der Waals surface area contributed by atoms with Crippen LogP contribution in [0.25, 0.3) is 0 Å². The van der Waals surface area contributed by atoms with Gasteiger partial charge in [-0.1, -0.05) is 0 Å². The zero-order valence-corrected chi connectivity index (χ0v) is 9.49. The van der Waals surface area contributed by atoms with Crippen LogP contribution < -0.4 is 4.90 Å². The average Bonchev–Trinajstić information content (AvgIpc) is 2.66. The Morgan fingerprint density at radius 1 is 1.26 bits per heavy atom. The first kappa shape index (κ1) is 13.1. The summed E-state index contributed by atoms with van der Waals surface area (Å²) >= 11 is 0. The molecule has 0 spiro atoms. The molecule has 0 atom stereocenters. The molecule has 98 valence electrons. The molecular weight excluding hydrogens is 261 g/mol. The minimum absolute atomic E-state index is 0.0258. The van der Waals surface area contributed by atoms with Gasteiger partial charge in [-0.2, -0.15) is 18.4 Å². The normalized spacial score (nSPS) is 15.8. The number of alkyl halides is 3. The number of benzene rings is 1. The van der Waals surface area contributed by atoms with Crippen molar-refractivity contribution in [3.63, 3.8) is 0 Å². The molecule has 1 aromatic rings. The molecule has 0 bridgehead atoms. The van der Waals surface area contributed by atoms with E-state index in [-0.39, 0.29) is 24.4 Å². The van der Waals surface area contributed by atoms with E-state index >= 15 is 0 Å². The fraction of sp³-hybridized carbons (Fsp3) is 0.250. The third-order valence-electron chi connectivity index (χ3n) is 2.72. The van der Waals surface area contributed by atoms with Crippen molar-refractivity contribution in [1.29, 1.82) is 5.26 Å². The fourth-order valence-electron chi connectivity index (χ4n) is 1.85. The van der Waals surface area contributed by atoms with Gasteiger partial charge in [0.1, 0.15) is 0 Å². The standard InChI is InChI=1S/C12H7F3N2O2/c13-12(14,15)10-3-8(2-1-7(10)5-16)17-6-9(18)4-11(17)19/h1-3H,4,6H2. The van der Waals surface area contributed by atoms with Gasteiger partial charge in [-0.3, -0.25) is 9.59 Å². The van der Waals surface area contributed by atoms with E-state index < -0.39 is 23.2 Å². The topological polar surface area (TPSA) is 61.2 Å². The first-order valence-electron chi connectivity index (χ1n) is 5.26. The number of carbonyl (C=O) groups excluding carboxylic acids is 2. The molecule has 1 aliphatic heterocycles. The van der Waals surface area contributed by atoms with E-state index in [9.17, 15) is 22.8 Å². The molecule has 1 heterocycles. The van der Waals surface area contributed by atoms with Crippen LogP contribution >= 0.6 is 0 Å². The minimum Gasteiger partial charge on any atom is -0.305 e. The predicted molar refractivity (Wildman–Crippen MR) is 58.1 cm³/mol. The summed E-state index contributed by atoms with van der Waals surface area (Å²) in [4.78, 5) is 23.5. The van der Waals surface area contributed by atoms with Crippen molar-refractivity contribution < 1.29 is 22.8 Å². The Bertz CT molecular complexity index is 602. The van der Waals surface area contributed by atoms with E-state index in [0.29, 0.717) is 0 Å². The number of nitriles is 1. The Morgan fingerprint density at radius 3 is 2.42 bits per heavy atom. The van der Waals surface area contributed by atoms with Crippen LogP contribution in [-0.2, 0) is 15.8 Å². The van der Waals surface area contributed by atoms with Crippen LogP contribution in [0.3, 0.4) is 0 Å². The van der Waals surface area contributed by atoms with E-state index in [4.69, 9.17) is 5.26 Å². The lowest BCUT2D eigenvalue weighted by Gasteiger charge is -2.17. The zero-order valence-electron chi connectivity index (χ0n) is 9.49. The Balaban J connectivity index is 2.48. The zero-order chi connectivity index (χ0) is 14.2. The van der Waals surface area contributed by atoms with Gasteiger partial charge in [-0.15, -0.1) is 0 Å². The first-order chi connectivity index (χ1) is 8.82. The third-order valence-corrected chi connectivity index (χ3v) is 2.72. The van der Waals surface area contributed by atoms with Gasteiger partial charge in [0.05, 0.1) is 30.2 Å². The van der Waals surface area contributed by atoms with Crippen molar-refractivity contribution in [2.24, 2.45) is 0 Å². The lowest BCUT2D eigenvalue weighted by molar-refractivity contribution is -0.137. The number of halogens is 3. The Hall–Kier alpha value is -2.36. The second kappa shape index (κ2) is 4.39. The lowest BCUT2D eigenvalue weighted by atomic mass is 10.1. The fourth-order valence-corrected chi connectivity index (χ4v) is 1.85. The number of amides is 1. The first-order valence-corrected chi connectivity index (χ1v) is 5.26. The minimum atomic E-state index is -4.69. The van der Waals surface area contributed by atoms with Crippen LogP contribution in [0.15, 0.2) is 18.2 Å². The van der Waals surface area contributed by atoms with Gasteiger partial charge in [0.15, 0.2) is 5.78 Å². The summed E-state index contributed by atoms with van der Waals surface area (Å²) in [5, 5.41) is 8.65. The van der Waals surface area contributed by atoms with E-state index in [2.05, 4.69) is 0 Å². The summed E-state index contributed by atoms with van der Waals surface area (Å²) in [6.45, 7) is -0.234. The maximum absolute atomic E-state index is 12.8. The third kappa shape index (κ3) is 2.42. The second-order valence-corrected chi connectivity index (χ2v) is 4.03. The summed E-state index contributed by atoms with van der Waals surface area (Å²) in [6, 6.07) is 4.39. The van der Waals surface area contributed by atoms with Gasteiger partial charge in [0.25, 0.3) is 0 Å². The Kier molecular flexibility index (Phi) is 3.02. The highest BCUT2D eigenvalue weighted by molar-refractivity contribution is 6.15. The van der Waals surface area contributed by atoms with Gasteiger partial charge >= 0.3 is 6.18 Å². The number of hydrogen-bond donors (Lipinski definition) is 0. The molecule has 1 aromatic carbocycles. The quantitative estimate of drug-likeness (QED) is 0.730. The molecule has 0 radical (unpaired) electrons. The van der Waals surface area contributed by atoms with Crippen LogP contribution in [0, 0.1) is 11.3 Å². The molecule has 0 aliphatic carbocycles. The molecule has 1 aliphatic rings. The highest BCUT2D eigenvalue weighted by atomic mass is 19.4. The molecule has 1 fully saturated rings. The van der Waals surface area contributed by atoms with Crippen LogP contribution in [-0.4, -0.2) is 18.2 Å². The van der Waals surface area contributed by atoms with E-state index in [1.165, 1.54) is 12.1 Å². The molecule has 1 amide bonds. The number of Topliss-reactive ketones (excluding diaryl/α,β-unsaturated/α-hetero) is 1. The molecule has 0 N–H and O–H groups in total. The van der Waals surface area contributed by atoms with Crippen LogP contribution in [0.1, 0.15) is 17.5 Å². The summed E-state index contributed by atoms with van der Waals surface area (Å²) in [7, 11) is 0. The van der Waals surface area contributed by atoms with Crippen molar-refractivity contribution in [3.8, 4) is 6.07 Å². The van der Waals surface area contributed by atoms with E-state index in [0.717, 1.165) is 17.0 Å². The van der Waals surface area contributed by atoms with Crippen LogP contribution in [0.2, 0.25) is 0 Å². The molecule has 2 rings (SSSR count). The Morgan fingerprint density at radius 2 is 1.95 bits per heavy atom. The number of anilines is 1. The molecule has 7 heteroatoms. The monoisotopic (exact) mass is 268 g/mol. The summed E-state index contributed by atoms with van der Waals surface area (Å²) in [5.41, 5.74) is -1.66. The molecule has 0 aromatic heterocycles. The Labute approximate surface area is 106 Å². The number of hydrogen-bond acceptors (Lipinski definition) is 3. The van der Waals surface area contributed by atoms with Crippen molar-refractivity contribution in [3.05, 3.63) is 29.3 Å². The number of carbonyl (C=O) groups is 2. The van der Waals surface area contributed by atoms with Crippen LogP contribution in [0.5, 0.6) is 0 Å². The highest BCUT2D eigenvalue weighted by Crippen LogP contribution is 2.35. The maximum Gasteiger partial charge on any atom is 0.417 e. The average molecular weight is 268 g/mol. The second-order valence-electron chi connectivity index (χ2n) is 4.03. The molecule has 0 unspecified atom stereocenters. The van der Waals surface area contributed by atoms with Crippen molar-refractivity contribution in [2.45, 2.75) is 12.6 Å². The number of rotatable bonds is 1. The van der Waals surface area contributed by atoms with Gasteiger partial charge < -0.3 is 4.90 Å². The number of nitrogens with zero attached hydrogens (tertiary/aromatic N) is 2. The summed E-state index contributed by atoms with van der Waals surface area (Å²) < 4.78 is 38.3. The van der Waals surface area contributed by atoms with Crippen LogP contribution in [0.4, 0.5) is 18.9 Å². The highest BCUT2D eigenvalue weighted by Gasteiger charge is 2.36. The number of ketones is 1. The lowest BCUT2D eigenvalue weighted by Crippen LogP contribution is -2.25. The van der Waals surface area contributed by atoms with E-state index in [1.807, 2.05) is 0 Å². The molecule has 4 nitrogen and oxygen atoms in total. The largest absolute Gasteiger partial charge is 0.417 e. The van der Waals surface area contributed by atoms with Gasteiger partial charge in [0, 0.05) is 5.69 Å². The van der Waals surface area contributed by atoms with E-state index in [1.54, 1.807) is 0 Å². The van der Waals surface area contributed by atoms with Crippen molar-refractivity contribution in [1.82, 2.24) is 0 Å². The SMILES string of the molecule is N#Cc1ccc(N2CC(=O)CC2=O)cc1C(F)(F)F. The smallest absolute Gasteiger partial charge is 0.305 e. The predicted octanol–water partition coefficient (Wildman–Crippen LogP) is 1.88. The van der Waals surface area contributed by atoms with Gasteiger partial charge in [0.2, 0.25) is 5.91 Å². The summed E-state index contributed by atoms with van der Waals surface area (Å²) in [5.74, 6) is -0.884. The summed E-state index contributed by atoms with van der Waals surface area (Å²) in [6.07, 6.45) is -4.99. The molecule has 1 saturated heterocycles. The van der Waals surface area contributed by atoms with Crippen molar-refractivity contribution in [2.75, 3.05) is 11.4 Å². The van der Waals surface area contributed by atoms with Gasteiger partial charge in [-0.25, -0.2) is 0 Å². The molecule has 0 saturated carbocycles. The molecule has 19 heavy (non-hydrogen) atoms.